The van der Waals surface area contributed by atoms with Gasteiger partial charge in [-0.05, 0) is 24.6 Å². The molecule has 1 amide bonds. The first-order chi connectivity index (χ1) is 9.54. The maximum Gasteiger partial charge on any atom is 0.269 e. The molecule has 0 saturated carbocycles. The second kappa shape index (κ2) is 5.98. The van der Waals surface area contributed by atoms with Gasteiger partial charge in [0.1, 0.15) is 6.17 Å². The third-order valence-electron chi connectivity index (χ3n) is 3.33. The van der Waals surface area contributed by atoms with Gasteiger partial charge in [-0.2, -0.15) is 0 Å². The number of amides is 1. The molecule has 1 heterocycles. The standard InChI is InChI=1S/C13H17N3O4/c1-9-13(17)15(7-8-20-2)12(14-9)10-3-5-11(6-4-10)16(18)19/h3-6,9,12,14H,7-8H2,1-2H3. The van der Waals surface area contributed by atoms with E-state index < -0.39 is 4.92 Å². The Morgan fingerprint density at radius 2 is 2.05 bits per heavy atom. The van der Waals surface area contributed by atoms with Gasteiger partial charge < -0.3 is 9.64 Å². The van der Waals surface area contributed by atoms with E-state index in [1.165, 1.54) is 12.1 Å². The molecule has 1 aromatic carbocycles. The minimum absolute atomic E-state index is 0.00500. The van der Waals surface area contributed by atoms with Gasteiger partial charge in [-0.25, -0.2) is 0 Å². The number of nitrogens with one attached hydrogen (secondary N) is 1. The van der Waals surface area contributed by atoms with Crippen molar-refractivity contribution in [3.05, 3.63) is 39.9 Å². The van der Waals surface area contributed by atoms with E-state index in [0.29, 0.717) is 13.2 Å². The van der Waals surface area contributed by atoms with Crippen LogP contribution in [0.25, 0.3) is 0 Å². The monoisotopic (exact) mass is 279 g/mol. The van der Waals surface area contributed by atoms with Crippen molar-refractivity contribution in [2.75, 3.05) is 20.3 Å². The van der Waals surface area contributed by atoms with E-state index in [2.05, 4.69) is 5.32 Å². The van der Waals surface area contributed by atoms with Crippen LogP contribution in [-0.4, -0.2) is 42.0 Å². The highest BCUT2D eigenvalue weighted by molar-refractivity contribution is 5.84. The van der Waals surface area contributed by atoms with Gasteiger partial charge in [0.2, 0.25) is 5.91 Å². The van der Waals surface area contributed by atoms with Crippen molar-refractivity contribution >= 4 is 11.6 Å². The summed E-state index contributed by atoms with van der Waals surface area (Å²) in [7, 11) is 1.58. The molecule has 1 aromatic rings. The summed E-state index contributed by atoms with van der Waals surface area (Å²) in [6, 6.07) is 5.95. The number of non-ortho nitro benzene ring substituents is 1. The van der Waals surface area contributed by atoms with E-state index in [4.69, 9.17) is 4.74 Å². The van der Waals surface area contributed by atoms with E-state index in [-0.39, 0.29) is 23.8 Å². The molecule has 7 heteroatoms. The van der Waals surface area contributed by atoms with Crippen LogP contribution in [0.15, 0.2) is 24.3 Å². The van der Waals surface area contributed by atoms with Gasteiger partial charge in [-0.3, -0.25) is 20.2 Å². The molecular weight excluding hydrogens is 262 g/mol. The van der Waals surface area contributed by atoms with Gasteiger partial charge in [0.05, 0.1) is 17.6 Å². The van der Waals surface area contributed by atoms with Crippen molar-refractivity contribution in [1.82, 2.24) is 10.2 Å². The van der Waals surface area contributed by atoms with E-state index in [1.54, 1.807) is 31.1 Å². The molecule has 1 aliphatic rings. The summed E-state index contributed by atoms with van der Waals surface area (Å²) < 4.78 is 5.01. The van der Waals surface area contributed by atoms with E-state index in [9.17, 15) is 14.9 Å². The normalized spacial score (nSPS) is 22.3. The molecule has 0 aliphatic carbocycles. The Morgan fingerprint density at radius 3 is 2.60 bits per heavy atom. The highest BCUT2D eigenvalue weighted by atomic mass is 16.6. The topological polar surface area (TPSA) is 84.7 Å². The summed E-state index contributed by atoms with van der Waals surface area (Å²) in [6.45, 7) is 2.73. The molecule has 1 N–H and O–H groups in total. The van der Waals surface area contributed by atoms with Gasteiger partial charge in [-0.15, -0.1) is 0 Å². The third kappa shape index (κ3) is 2.78. The number of ether oxygens (including phenoxy) is 1. The van der Waals surface area contributed by atoms with Crippen LogP contribution in [0.4, 0.5) is 5.69 Å². The second-order valence-corrected chi connectivity index (χ2v) is 4.66. The molecule has 0 radical (unpaired) electrons. The fourth-order valence-electron chi connectivity index (χ4n) is 2.26. The van der Waals surface area contributed by atoms with Crippen LogP contribution in [0.3, 0.4) is 0 Å². The second-order valence-electron chi connectivity index (χ2n) is 4.66. The number of nitro benzene ring substituents is 1. The van der Waals surface area contributed by atoms with Crippen LogP contribution in [0.2, 0.25) is 0 Å². The minimum Gasteiger partial charge on any atom is -0.383 e. The lowest BCUT2D eigenvalue weighted by atomic mass is 10.1. The van der Waals surface area contributed by atoms with Crippen molar-refractivity contribution in [2.24, 2.45) is 0 Å². The number of rotatable bonds is 5. The summed E-state index contributed by atoms with van der Waals surface area (Å²) in [5.41, 5.74) is 0.860. The van der Waals surface area contributed by atoms with E-state index in [1.807, 2.05) is 0 Å². The maximum atomic E-state index is 12.1. The first-order valence-electron chi connectivity index (χ1n) is 6.34. The van der Waals surface area contributed by atoms with Crippen molar-refractivity contribution in [3.8, 4) is 0 Å². The lowest BCUT2D eigenvalue weighted by Gasteiger charge is -2.24. The zero-order valence-corrected chi connectivity index (χ0v) is 11.4. The van der Waals surface area contributed by atoms with Gasteiger partial charge in [-0.1, -0.05) is 0 Å². The van der Waals surface area contributed by atoms with Gasteiger partial charge in [0.15, 0.2) is 0 Å². The Labute approximate surface area is 116 Å². The average Bonchev–Trinajstić information content (AvgIpc) is 2.72. The molecule has 1 aliphatic heterocycles. The Balaban J connectivity index is 2.20. The smallest absolute Gasteiger partial charge is 0.269 e. The molecule has 0 aromatic heterocycles. The Hall–Kier alpha value is -1.99. The number of hydrogen-bond donors (Lipinski definition) is 1. The van der Waals surface area contributed by atoms with Crippen LogP contribution in [0, 0.1) is 10.1 Å². The molecule has 2 atom stereocenters. The molecule has 2 rings (SSSR count). The first kappa shape index (κ1) is 14.4. The first-order valence-corrected chi connectivity index (χ1v) is 6.34. The van der Waals surface area contributed by atoms with Crippen LogP contribution in [0.5, 0.6) is 0 Å². The van der Waals surface area contributed by atoms with Crippen LogP contribution < -0.4 is 5.32 Å². The molecule has 7 nitrogen and oxygen atoms in total. The summed E-state index contributed by atoms with van der Waals surface area (Å²) in [5, 5.41) is 13.8. The van der Waals surface area contributed by atoms with Crippen molar-refractivity contribution in [1.29, 1.82) is 0 Å². The zero-order chi connectivity index (χ0) is 14.7. The molecule has 0 bridgehead atoms. The van der Waals surface area contributed by atoms with Gasteiger partial charge in [0, 0.05) is 25.8 Å². The van der Waals surface area contributed by atoms with Crippen LogP contribution in [0.1, 0.15) is 18.7 Å². The fraction of sp³-hybridized carbons (Fsp3) is 0.462. The van der Waals surface area contributed by atoms with Crippen molar-refractivity contribution in [2.45, 2.75) is 19.1 Å². The Kier molecular flexibility index (Phi) is 4.31. The summed E-state index contributed by atoms with van der Waals surface area (Å²) >= 11 is 0. The molecule has 108 valence electrons. The number of nitrogens with zero attached hydrogens (tertiary/aromatic N) is 2. The third-order valence-corrected chi connectivity index (χ3v) is 3.33. The number of carbonyl (C=O) groups is 1. The summed E-state index contributed by atoms with van der Waals surface area (Å²) in [5.74, 6) is 0.00500. The van der Waals surface area contributed by atoms with Crippen LogP contribution in [-0.2, 0) is 9.53 Å². The molecular formula is C13H17N3O4. The largest absolute Gasteiger partial charge is 0.383 e. The SMILES string of the molecule is COCCN1C(=O)C(C)NC1c1ccc([N+](=O)[O-])cc1. The van der Waals surface area contributed by atoms with Crippen molar-refractivity contribution in [3.63, 3.8) is 0 Å². The van der Waals surface area contributed by atoms with Gasteiger partial charge >= 0.3 is 0 Å². The number of hydrogen-bond acceptors (Lipinski definition) is 5. The molecule has 1 fully saturated rings. The molecule has 0 spiro atoms. The minimum atomic E-state index is -0.442. The highest BCUT2D eigenvalue weighted by Gasteiger charge is 2.36. The quantitative estimate of drug-likeness (QED) is 0.643. The maximum absolute atomic E-state index is 12.1. The average molecular weight is 279 g/mol. The summed E-state index contributed by atoms with van der Waals surface area (Å²) in [6.07, 6.45) is -0.270. The van der Waals surface area contributed by atoms with E-state index >= 15 is 0 Å². The van der Waals surface area contributed by atoms with Gasteiger partial charge in [0.25, 0.3) is 5.69 Å². The number of nitro groups is 1. The molecule has 20 heavy (non-hydrogen) atoms. The van der Waals surface area contributed by atoms with Crippen molar-refractivity contribution < 1.29 is 14.5 Å². The van der Waals surface area contributed by atoms with E-state index in [0.717, 1.165) is 5.56 Å². The summed E-state index contributed by atoms with van der Waals surface area (Å²) in [4.78, 5) is 24.0. The Morgan fingerprint density at radius 1 is 1.40 bits per heavy atom. The van der Waals surface area contributed by atoms with Crippen LogP contribution >= 0.6 is 0 Å². The lowest BCUT2D eigenvalue weighted by molar-refractivity contribution is -0.384. The molecule has 2 unspecified atom stereocenters. The predicted octanol–water partition coefficient (Wildman–Crippen LogP) is 1.06. The number of methoxy groups -OCH3 is 1. The lowest BCUT2D eigenvalue weighted by Crippen LogP contribution is -2.33. The fourth-order valence-corrected chi connectivity index (χ4v) is 2.26. The zero-order valence-electron chi connectivity index (χ0n) is 11.4. The molecule has 1 saturated heterocycles. The number of benzene rings is 1. The number of carbonyl (C=O) groups excluding carboxylic acids is 1. The highest BCUT2D eigenvalue weighted by Crippen LogP contribution is 2.26. The Bertz CT molecular complexity index is 503. The predicted molar refractivity (Wildman–Crippen MR) is 72.0 cm³/mol.